The number of carbonyl (C=O) groups excluding carboxylic acids is 2. The first-order valence-electron chi connectivity index (χ1n) is 8.73. The fourth-order valence-corrected chi connectivity index (χ4v) is 2.63. The van der Waals surface area contributed by atoms with Crippen LogP contribution < -0.4 is 10.1 Å². The zero-order valence-corrected chi connectivity index (χ0v) is 15.9. The molecule has 0 fully saturated rings. The van der Waals surface area contributed by atoms with E-state index in [0.717, 1.165) is 5.56 Å². The lowest BCUT2D eigenvalue weighted by atomic mass is 10.0. The van der Waals surface area contributed by atoms with Crippen LogP contribution in [0.25, 0.3) is 0 Å². The van der Waals surface area contributed by atoms with E-state index in [1.54, 1.807) is 6.07 Å². The third-order valence-corrected chi connectivity index (χ3v) is 4.08. The summed E-state index contributed by atoms with van der Waals surface area (Å²) in [6.07, 6.45) is -1.11. The van der Waals surface area contributed by atoms with Gasteiger partial charge in [0.1, 0.15) is 0 Å². The molecule has 0 saturated carbocycles. The van der Waals surface area contributed by atoms with Crippen LogP contribution in [-0.4, -0.2) is 25.1 Å². The van der Waals surface area contributed by atoms with Crippen LogP contribution in [0.15, 0.2) is 42.5 Å². The van der Waals surface area contributed by atoms with Gasteiger partial charge < -0.3 is 14.8 Å². The number of benzene rings is 2. The minimum Gasteiger partial charge on any atom is -0.494 e. The van der Waals surface area contributed by atoms with E-state index in [0.29, 0.717) is 11.3 Å². The molecule has 0 aliphatic rings. The molecule has 0 bridgehead atoms. The van der Waals surface area contributed by atoms with E-state index in [4.69, 9.17) is 9.47 Å². The lowest BCUT2D eigenvalue weighted by Gasteiger charge is -2.17. The topological polar surface area (TPSA) is 64.6 Å². The summed E-state index contributed by atoms with van der Waals surface area (Å²) in [5.41, 5.74) is 2.13. The quantitative estimate of drug-likeness (QED) is 0.743. The first-order chi connectivity index (χ1) is 12.8. The van der Waals surface area contributed by atoms with Crippen LogP contribution in [0.3, 0.4) is 0 Å². The molecule has 0 aromatic heterocycles. The first-order valence-corrected chi connectivity index (χ1v) is 8.73. The Bertz CT molecular complexity index is 820. The Morgan fingerprint density at radius 2 is 1.81 bits per heavy atom. The second kappa shape index (κ2) is 9.16. The highest BCUT2D eigenvalue weighted by molar-refractivity contribution is 5.95. The molecule has 2 rings (SSSR count). The standard InChI is InChI=1S/C21H24FNO4/c1-13(2)16-7-5-6-8-18(16)23-21(25)14(3)27-20(24)12-15-9-10-19(26-4)17(22)11-15/h5-11,13-14H,12H2,1-4H3,(H,23,25)/t14-/m1/s1. The smallest absolute Gasteiger partial charge is 0.311 e. The summed E-state index contributed by atoms with van der Waals surface area (Å²) in [6.45, 7) is 5.56. The number of ether oxygens (including phenoxy) is 2. The van der Waals surface area contributed by atoms with Crippen LogP contribution in [0.2, 0.25) is 0 Å². The molecule has 6 heteroatoms. The van der Waals surface area contributed by atoms with Gasteiger partial charge in [-0.2, -0.15) is 0 Å². The monoisotopic (exact) mass is 373 g/mol. The normalized spacial score (nSPS) is 11.8. The molecule has 27 heavy (non-hydrogen) atoms. The molecule has 0 aliphatic carbocycles. The average molecular weight is 373 g/mol. The molecule has 1 atom stereocenters. The Labute approximate surface area is 158 Å². The van der Waals surface area contributed by atoms with Crippen molar-refractivity contribution in [3.63, 3.8) is 0 Å². The molecule has 0 aliphatic heterocycles. The van der Waals surface area contributed by atoms with Crippen LogP contribution in [0, 0.1) is 5.82 Å². The van der Waals surface area contributed by atoms with Crippen molar-refractivity contribution in [1.82, 2.24) is 0 Å². The number of nitrogens with one attached hydrogen (secondary N) is 1. The van der Waals surface area contributed by atoms with Crippen molar-refractivity contribution in [2.45, 2.75) is 39.2 Å². The molecule has 0 spiro atoms. The number of hydrogen-bond acceptors (Lipinski definition) is 4. The Hall–Kier alpha value is -2.89. The maximum Gasteiger partial charge on any atom is 0.311 e. The predicted octanol–water partition coefficient (Wildman–Crippen LogP) is 4.07. The number of anilines is 1. The molecule has 144 valence electrons. The lowest BCUT2D eigenvalue weighted by Crippen LogP contribution is -2.30. The number of halogens is 1. The molecule has 2 aromatic carbocycles. The van der Waals surface area contributed by atoms with Crippen molar-refractivity contribution in [3.8, 4) is 5.75 Å². The van der Waals surface area contributed by atoms with Gasteiger partial charge in [-0.1, -0.05) is 38.1 Å². The molecule has 1 amide bonds. The largest absolute Gasteiger partial charge is 0.494 e. The van der Waals surface area contributed by atoms with Gasteiger partial charge in [-0.25, -0.2) is 4.39 Å². The van der Waals surface area contributed by atoms with E-state index in [1.165, 1.54) is 26.2 Å². The van der Waals surface area contributed by atoms with Gasteiger partial charge in [0, 0.05) is 5.69 Å². The second-order valence-corrected chi connectivity index (χ2v) is 6.51. The van der Waals surface area contributed by atoms with Gasteiger partial charge in [0.25, 0.3) is 5.91 Å². The molecule has 0 saturated heterocycles. The zero-order chi connectivity index (χ0) is 20.0. The minimum atomic E-state index is -0.971. The predicted molar refractivity (Wildman–Crippen MR) is 101 cm³/mol. The van der Waals surface area contributed by atoms with E-state index in [-0.39, 0.29) is 18.1 Å². The summed E-state index contributed by atoms with van der Waals surface area (Å²) < 4.78 is 23.7. The summed E-state index contributed by atoms with van der Waals surface area (Å²) in [4.78, 5) is 24.4. The molecule has 2 aromatic rings. The number of esters is 1. The number of para-hydroxylation sites is 1. The summed E-state index contributed by atoms with van der Waals surface area (Å²) in [5.74, 6) is -1.25. The van der Waals surface area contributed by atoms with E-state index < -0.39 is 23.8 Å². The minimum absolute atomic E-state index is 0.101. The average Bonchev–Trinajstić information content (AvgIpc) is 2.62. The van der Waals surface area contributed by atoms with Gasteiger partial charge in [-0.05, 0) is 42.2 Å². The zero-order valence-electron chi connectivity index (χ0n) is 15.9. The Morgan fingerprint density at radius 1 is 1.11 bits per heavy atom. The molecular formula is C21H24FNO4. The van der Waals surface area contributed by atoms with Gasteiger partial charge in [-0.15, -0.1) is 0 Å². The summed E-state index contributed by atoms with van der Waals surface area (Å²) in [6, 6.07) is 11.7. The molecule has 1 N–H and O–H groups in total. The summed E-state index contributed by atoms with van der Waals surface area (Å²) >= 11 is 0. The third-order valence-electron chi connectivity index (χ3n) is 4.08. The molecule has 0 radical (unpaired) electrons. The van der Waals surface area contributed by atoms with Gasteiger partial charge >= 0.3 is 5.97 Å². The van der Waals surface area contributed by atoms with E-state index >= 15 is 0 Å². The number of hydrogen-bond donors (Lipinski definition) is 1. The number of rotatable bonds is 7. The van der Waals surface area contributed by atoms with Crippen molar-refractivity contribution in [1.29, 1.82) is 0 Å². The Balaban J connectivity index is 1.96. The maximum absolute atomic E-state index is 13.7. The molecule has 0 unspecified atom stereocenters. The van der Waals surface area contributed by atoms with Gasteiger partial charge in [-0.3, -0.25) is 9.59 Å². The molecule has 0 heterocycles. The summed E-state index contributed by atoms with van der Waals surface area (Å²) in [5, 5.41) is 2.79. The number of carbonyl (C=O) groups is 2. The van der Waals surface area contributed by atoms with Crippen molar-refractivity contribution >= 4 is 17.6 Å². The van der Waals surface area contributed by atoms with E-state index in [9.17, 15) is 14.0 Å². The molecular weight excluding hydrogens is 349 g/mol. The van der Waals surface area contributed by atoms with E-state index in [1.807, 2.05) is 38.1 Å². The first kappa shape index (κ1) is 20.4. The van der Waals surface area contributed by atoms with Crippen LogP contribution in [0.5, 0.6) is 5.75 Å². The van der Waals surface area contributed by atoms with Crippen LogP contribution in [0.1, 0.15) is 37.8 Å². The molecule has 5 nitrogen and oxygen atoms in total. The van der Waals surface area contributed by atoms with Crippen molar-refractivity contribution in [2.75, 3.05) is 12.4 Å². The van der Waals surface area contributed by atoms with Crippen LogP contribution in [-0.2, 0) is 20.7 Å². The van der Waals surface area contributed by atoms with E-state index in [2.05, 4.69) is 5.32 Å². The van der Waals surface area contributed by atoms with Crippen LogP contribution in [0.4, 0.5) is 10.1 Å². The highest BCUT2D eigenvalue weighted by Gasteiger charge is 2.20. The van der Waals surface area contributed by atoms with Gasteiger partial charge in [0.15, 0.2) is 17.7 Å². The second-order valence-electron chi connectivity index (χ2n) is 6.51. The van der Waals surface area contributed by atoms with Gasteiger partial charge in [0.05, 0.1) is 13.5 Å². The SMILES string of the molecule is COc1ccc(CC(=O)O[C@H](C)C(=O)Nc2ccccc2C(C)C)cc1F. The third kappa shape index (κ3) is 5.54. The highest BCUT2D eigenvalue weighted by Crippen LogP contribution is 2.24. The van der Waals surface area contributed by atoms with Gasteiger partial charge in [0.2, 0.25) is 0 Å². The number of amides is 1. The fourth-order valence-electron chi connectivity index (χ4n) is 2.63. The lowest BCUT2D eigenvalue weighted by molar-refractivity contribution is -0.152. The number of methoxy groups -OCH3 is 1. The Kier molecular flexibility index (Phi) is 6.93. The maximum atomic E-state index is 13.7. The van der Waals surface area contributed by atoms with Crippen LogP contribution >= 0.6 is 0 Å². The summed E-state index contributed by atoms with van der Waals surface area (Å²) in [7, 11) is 1.37. The highest BCUT2D eigenvalue weighted by atomic mass is 19.1. The fraction of sp³-hybridized carbons (Fsp3) is 0.333. The Morgan fingerprint density at radius 3 is 2.44 bits per heavy atom. The van der Waals surface area contributed by atoms with Crippen molar-refractivity contribution < 1.29 is 23.5 Å². The van der Waals surface area contributed by atoms with Crippen molar-refractivity contribution in [2.24, 2.45) is 0 Å². The van der Waals surface area contributed by atoms with Crippen molar-refractivity contribution in [3.05, 3.63) is 59.4 Å².